The predicted molar refractivity (Wildman–Crippen MR) is 99.9 cm³/mol. The summed E-state index contributed by atoms with van der Waals surface area (Å²) in [5.74, 6) is -0.965. The van der Waals surface area contributed by atoms with Crippen molar-refractivity contribution in [2.75, 3.05) is 0 Å². The Hall–Kier alpha value is -3.47. The van der Waals surface area contributed by atoms with Gasteiger partial charge in [-0.1, -0.05) is 36.4 Å². The molecule has 1 atom stereocenters. The number of aromatic hydroxyl groups is 1. The molecule has 0 aromatic heterocycles. The van der Waals surface area contributed by atoms with Crippen LogP contribution in [0.4, 0.5) is 0 Å². The van der Waals surface area contributed by atoms with Gasteiger partial charge in [0, 0.05) is 35.5 Å². The molecule has 2 aromatic rings. The zero-order chi connectivity index (χ0) is 19.4. The topological polar surface area (TPSA) is 80.7 Å². The van der Waals surface area contributed by atoms with E-state index in [0.29, 0.717) is 47.3 Å². The molecule has 2 aliphatic carbocycles. The zero-order valence-corrected chi connectivity index (χ0v) is 14.9. The Labute approximate surface area is 160 Å². The van der Waals surface area contributed by atoms with E-state index in [1.807, 2.05) is 0 Å². The minimum Gasteiger partial charge on any atom is -0.508 e. The molecule has 2 aromatic carbocycles. The molecule has 5 nitrogen and oxygen atoms in total. The number of phenols is 1. The van der Waals surface area contributed by atoms with E-state index >= 15 is 0 Å². The van der Waals surface area contributed by atoms with E-state index in [2.05, 4.69) is 0 Å². The molecular formula is C23H16O5. The third-order valence-electron chi connectivity index (χ3n) is 5.53. The van der Waals surface area contributed by atoms with Gasteiger partial charge in [0.05, 0.1) is 5.57 Å². The van der Waals surface area contributed by atoms with Gasteiger partial charge >= 0.3 is 0 Å². The van der Waals surface area contributed by atoms with E-state index in [0.717, 1.165) is 0 Å². The van der Waals surface area contributed by atoms with Gasteiger partial charge in [-0.05, 0) is 24.1 Å². The SMILES string of the molecule is O=C1CCCC2=C1C(c1cccc(O)c1)C1=C(O2)C(=O)c2ccccc2C1=O. The summed E-state index contributed by atoms with van der Waals surface area (Å²) in [6, 6.07) is 13.1. The van der Waals surface area contributed by atoms with Crippen LogP contribution < -0.4 is 0 Å². The third-order valence-corrected chi connectivity index (χ3v) is 5.53. The van der Waals surface area contributed by atoms with Gasteiger partial charge in [-0.15, -0.1) is 0 Å². The first kappa shape index (κ1) is 16.7. The molecule has 0 saturated heterocycles. The number of carbonyl (C=O) groups excluding carboxylic acids is 3. The third kappa shape index (κ3) is 2.29. The van der Waals surface area contributed by atoms with Gasteiger partial charge in [-0.2, -0.15) is 0 Å². The number of benzene rings is 2. The minimum absolute atomic E-state index is 0.00509. The second-order valence-corrected chi connectivity index (χ2v) is 7.19. The molecule has 138 valence electrons. The quantitative estimate of drug-likeness (QED) is 0.822. The van der Waals surface area contributed by atoms with E-state index in [1.54, 1.807) is 36.4 Å². The summed E-state index contributed by atoms with van der Waals surface area (Å²) in [6.45, 7) is 0. The van der Waals surface area contributed by atoms with Crippen LogP contribution in [0.15, 0.2) is 71.2 Å². The zero-order valence-electron chi connectivity index (χ0n) is 14.9. The molecule has 0 amide bonds. The highest BCUT2D eigenvalue weighted by Crippen LogP contribution is 2.48. The normalized spacial score (nSPS) is 21.1. The lowest BCUT2D eigenvalue weighted by atomic mass is 9.72. The lowest BCUT2D eigenvalue weighted by molar-refractivity contribution is -0.116. The smallest absolute Gasteiger partial charge is 0.229 e. The van der Waals surface area contributed by atoms with Crippen LogP contribution in [-0.4, -0.2) is 22.5 Å². The number of carbonyl (C=O) groups is 3. The Bertz CT molecular complexity index is 1140. The maximum Gasteiger partial charge on any atom is 0.229 e. The maximum atomic E-state index is 13.4. The molecule has 5 heteroatoms. The fourth-order valence-electron chi connectivity index (χ4n) is 4.30. The first-order valence-electron chi connectivity index (χ1n) is 9.22. The van der Waals surface area contributed by atoms with Gasteiger partial charge in [-0.25, -0.2) is 0 Å². The van der Waals surface area contributed by atoms with Crippen LogP contribution in [0, 0.1) is 0 Å². The molecule has 1 unspecified atom stereocenters. The van der Waals surface area contributed by atoms with E-state index in [4.69, 9.17) is 4.74 Å². The van der Waals surface area contributed by atoms with Crippen LogP contribution in [0.25, 0.3) is 0 Å². The van der Waals surface area contributed by atoms with Crippen molar-refractivity contribution in [3.05, 3.63) is 87.9 Å². The highest BCUT2D eigenvalue weighted by molar-refractivity contribution is 6.27. The van der Waals surface area contributed by atoms with Crippen molar-refractivity contribution in [2.45, 2.75) is 25.2 Å². The average molecular weight is 372 g/mol. The fraction of sp³-hybridized carbons (Fsp3) is 0.174. The van der Waals surface area contributed by atoms with Gasteiger partial charge in [-0.3, -0.25) is 14.4 Å². The van der Waals surface area contributed by atoms with Crippen molar-refractivity contribution >= 4 is 17.3 Å². The Kier molecular flexibility index (Phi) is 3.59. The van der Waals surface area contributed by atoms with Gasteiger partial charge in [0.1, 0.15) is 11.5 Å². The number of Topliss-reactive ketones (excluding diaryl/α,β-unsaturated/α-hetero) is 3. The van der Waals surface area contributed by atoms with E-state index in [1.165, 1.54) is 12.1 Å². The minimum atomic E-state index is -0.719. The number of rotatable bonds is 1. The van der Waals surface area contributed by atoms with Gasteiger partial charge < -0.3 is 9.84 Å². The second kappa shape index (κ2) is 6.02. The van der Waals surface area contributed by atoms with Crippen LogP contribution in [0.5, 0.6) is 5.75 Å². The largest absolute Gasteiger partial charge is 0.508 e. The molecular weight excluding hydrogens is 356 g/mol. The van der Waals surface area contributed by atoms with Crippen molar-refractivity contribution in [3.63, 3.8) is 0 Å². The Morgan fingerprint density at radius 2 is 1.61 bits per heavy atom. The van der Waals surface area contributed by atoms with Crippen molar-refractivity contribution in [2.24, 2.45) is 0 Å². The first-order valence-corrected chi connectivity index (χ1v) is 9.22. The number of hydrogen-bond donors (Lipinski definition) is 1. The number of hydrogen-bond acceptors (Lipinski definition) is 5. The van der Waals surface area contributed by atoms with Gasteiger partial charge in [0.15, 0.2) is 17.3 Å². The second-order valence-electron chi connectivity index (χ2n) is 7.19. The summed E-state index contributed by atoms with van der Waals surface area (Å²) in [6.07, 6.45) is 1.56. The number of ether oxygens (including phenoxy) is 1. The van der Waals surface area contributed by atoms with Gasteiger partial charge in [0.25, 0.3) is 0 Å². The van der Waals surface area contributed by atoms with Crippen molar-refractivity contribution < 1.29 is 24.2 Å². The maximum absolute atomic E-state index is 13.4. The number of allylic oxidation sites excluding steroid dienone is 4. The molecule has 0 bridgehead atoms. The molecule has 1 heterocycles. The molecule has 1 aliphatic heterocycles. The molecule has 28 heavy (non-hydrogen) atoms. The lowest BCUT2D eigenvalue weighted by Crippen LogP contribution is -2.34. The van der Waals surface area contributed by atoms with E-state index in [-0.39, 0.29) is 34.4 Å². The number of fused-ring (bicyclic) bond motifs is 1. The van der Waals surface area contributed by atoms with Crippen molar-refractivity contribution in [1.82, 2.24) is 0 Å². The van der Waals surface area contributed by atoms with Crippen LogP contribution in [0.2, 0.25) is 0 Å². The lowest BCUT2D eigenvalue weighted by Gasteiger charge is -2.35. The summed E-state index contributed by atoms with van der Waals surface area (Å²) in [7, 11) is 0. The fourth-order valence-corrected chi connectivity index (χ4v) is 4.30. The van der Waals surface area contributed by atoms with Gasteiger partial charge in [0.2, 0.25) is 5.78 Å². The van der Waals surface area contributed by atoms with E-state index in [9.17, 15) is 19.5 Å². The molecule has 0 fully saturated rings. The molecule has 5 rings (SSSR count). The first-order chi connectivity index (χ1) is 13.6. The van der Waals surface area contributed by atoms with Crippen LogP contribution in [0.3, 0.4) is 0 Å². The number of ketones is 3. The highest BCUT2D eigenvalue weighted by Gasteiger charge is 2.46. The van der Waals surface area contributed by atoms with E-state index < -0.39 is 5.92 Å². The Balaban J connectivity index is 1.78. The van der Waals surface area contributed by atoms with Crippen molar-refractivity contribution in [1.29, 1.82) is 0 Å². The summed E-state index contributed by atoms with van der Waals surface area (Å²) in [5, 5.41) is 9.98. The molecule has 1 N–H and O–H groups in total. The molecule has 0 saturated carbocycles. The monoisotopic (exact) mass is 372 g/mol. The Morgan fingerprint density at radius 1 is 0.857 bits per heavy atom. The predicted octanol–water partition coefficient (Wildman–Crippen LogP) is 3.85. The number of phenolic OH excluding ortho intramolecular Hbond substituents is 1. The van der Waals surface area contributed by atoms with Crippen LogP contribution in [0.1, 0.15) is 51.5 Å². The Morgan fingerprint density at radius 3 is 2.36 bits per heavy atom. The standard InChI is InChI=1S/C23H16O5/c24-13-6-3-5-12(11-13)18-19-16(25)9-4-10-17(19)28-23-20(18)21(26)14-7-1-2-8-15(14)22(23)27/h1-3,5-8,11,18,24H,4,9-10H2. The summed E-state index contributed by atoms with van der Waals surface area (Å²) >= 11 is 0. The molecule has 0 spiro atoms. The molecule has 3 aliphatic rings. The summed E-state index contributed by atoms with van der Waals surface area (Å²) < 4.78 is 5.89. The molecule has 0 radical (unpaired) electrons. The summed E-state index contributed by atoms with van der Waals surface area (Å²) in [5.41, 5.74) is 1.83. The average Bonchev–Trinajstić information content (AvgIpc) is 2.71. The highest BCUT2D eigenvalue weighted by atomic mass is 16.5. The van der Waals surface area contributed by atoms with Crippen LogP contribution >= 0.6 is 0 Å². The van der Waals surface area contributed by atoms with Crippen LogP contribution in [-0.2, 0) is 9.53 Å². The van der Waals surface area contributed by atoms with Crippen molar-refractivity contribution in [3.8, 4) is 5.75 Å². The summed E-state index contributed by atoms with van der Waals surface area (Å²) in [4.78, 5) is 39.3.